The van der Waals surface area contributed by atoms with Gasteiger partial charge in [-0.25, -0.2) is 4.98 Å². The summed E-state index contributed by atoms with van der Waals surface area (Å²) in [5.74, 6) is 0. The van der Waals surface area contributed by atoms with Gasteiger partial charge in [-0.2, -0.15) is 0 Å². The lowest BCUT2D eigenvalue weighted by atomic mass is 10.2. The summed E-state index contributed by atoms with van der Waals surface area (Å²) in [5.41, 5.74) is 0.690. The zero-order valence-electron chi connectivity index (χ0n) is 5.45. The third kappa shape index (κ3) is 1.94. The van der Waals surface area contributed by atoms with Crippen LogP contribution in [0.4, 0.5) is 0 Å². The Bertz CT molecular complexity index is 272. The quantitative estimate of drug-likeness (QED) is 0.553. The van der Waals surface area contributed by atoms with E-state index in [1.165, 1.54) is 6.07 Å². The highest BCUT2D eigenvalue weighted by Crippen LogP contribution is 2.08. The zero-order chi connectivity index (χ0) is 8.27. The van der Waals surface area contributed by atoms with Crippen LogP contribution < -0.4 is 0 Å². The van der Waals surface area contributed by atoms with Crippen molar-refractivity contribution in [3.05, 3.63) is 28.0 Å². The van der Waals surface area contributed by atoms with Gasteiger partial charge in [-0.3, -0.25) is 9.59 Å². The summed E-state index contributed by atoms with van der Waals surface area (Å²) >= 11 is 3.07. The van der Waals surface area contributed by atoms with E-state index in [2.05, 4.69) is 20.9 Å². The summed E-state index contributed by atoms with van der Waals surface area (Å²) < 4.78 is 0.490. The third-order valence-corrected chi connectivity index (χ3v) is 1.50. The molecule has 0 aliphatic carbocycles. The zero-order valence-corrected chi connectivity index (χ0v) is 7.04. The highest BCUT2D eigenvalue weighted by atomic mass is 79.9. The van der Waals surface area contributed by atoms with E-state index >= 15 is 0 Å². The van der Waals surface area contributed by atoms with Crippen LogP contribution in [0.15, 0.2) is 16.7 Å². The van der Waals surface area contributed by atoms with Gasteiger partial charge in [0.15, 0.2) is 6.29 Å². The van der Waals surface area contributed by atoms with E-state index < -0.39 is 0 Å². The van der Waals surface area contributed by atoms with Crippen LogP contribution in [-0.4, -0.2) is 17.6 Å². The maximum Gasteiger partial charge on any atom is 0.168 e. The molecule has 1 aromatic rings. The molecule has 56 valence electrons. The summed E-state index contributed by atoms with van der Waals surface area (Å²) in [6.07, 6.45) is 1.26. The molecule has 0 spiro atoms. The number of carbonyl (C=O) groups is 2. The van der Waals surface area contributed by atoms with E-state index in [9.17, 15) is 9.59 Å². The lowest BCUT2D eigenvalue weighted by Gasteiger charge is -1.93. The second-order valence-corrected chi connectivity index (χ2v) is 2.70. The van der Waals surface area contributed by atoms with Crippen molar-refractivity contribution in [2.24, 2.45) is 0 Å². The highest BCUT2D eigenvalue weighted by molar-refractivity contribution is 9.10. The van der Waals surface area contributed by atoms with Crippen molar-refractivity contribution in [3.8, 4) is 0 Å². The lowest BCUT2D eigenvalue weighted by Crippen LogP contribution is -1.90. The molecular formula is C7H4BrNO2. The van der Waals surface area contributed by atoms with E-state index in [-0.39, 0.29) is 5.69 Å². The van der Waals surface area contributed by atoms with Gasteiger partial charge in [-0.05, 0) is 28.1 Å². The predicted octanol–water partition coefficient (Wildman–Crippen LogP) is 1.47. The molecule has 0 fully saturated rings. The second kappa shape index (κ2) is 3.39. The maximum atomic E-state index is 10.3. The Morgan fingerprint density at radius 1 is 1.27 bits per heavy atom. The van der Waals surface area contributed by atoms with Crippen molar-refractivity contribution < 1.29 is 9.59 Å². The molecule has 4 heteroatoms. The summed E-state index contributed by atoms with van der Waals surface area (Å²) in [5, 5.41) is 0. The molecule has 0 saturated carbocycles. The van der Waals surface area contributed by atoms with Crippen LogP contribution in [0, 0.1) is 0 Å². The predicted molar refractivity (Wildman–Crippen MR) is 42.7 cm³/mol. The third-order valence-electron chi connectivity index (χ3n) is 1.09. The van der Waals surface area contributed by atoms with Gasteiger partial charge in [0.1, 0.15) is 16.6 Å². The van der Waals surface area contributed by atoms with Gasteiger partial charge in [0.2, 0.25) is 0 Å². The number of aromatic nitrogens is 1. The fourth-order valence-corrected chi connectivity index (χ4v) is 1.14. The van der Waals surface area contributed by atoms with Crippen LogP contribution in [0.3, 0.4) is 0 Å². The van der Waals surface area contributed by atoms with Crippen molar-refractivity contribution in [3.63, 3.8) is 0 Å². The molecule has 1 aromatic heterocycles. The van der Waals surface area contributed by atoms with Crippen LogP contribution in [0.5, 0.6) is 0 Å². The molecule has 0 bridgehead atoms. The topological polar surface area (TPSA) is 47.0 Å². The van der Waals surface area contributed by atoms with Crippen LogP contribution in [0.1, 0.15) is 20.8 Å². The number of halogens is 1. The Morgan fingerprint density at radius 3 is 2.55 bits per heavy atom. The summed E-state index contributed by atoms with van der Waals surface area (Å²) in [6, 6.07) is 2.96. The summed E-state index contributed by atoms with van der Waals surface area (Å²) in [7, 11) is 0. The number of nitrogens with zero attached hydrogens (tertiary/aromatic N) is 1. The largest absolute Gasteiger partial charge is 0.298 e. The Balaban J connectivity index is 3.21. The molecule has 0 N–H and O–H groups in total. The molecule has 0 radical (unpaired) electrons. The van der Waals surface area contributed by atoms with Crippen molar-refractivity contribution in [1.82, 2.24) is 4.98 Å². The molecule has 1 rings (SSSR count). The Labute approximate surface area is 71.6 Å². The molecular weight excluding hydrogens is 210 g/mol. The van der Waals surface area contributed by atoms with Crippen LogP contribution in [-0.2, 0) is 0 Å². The average molecular weight is 214 g/mol. The van der Waals surface area contributed by atoms with Gasteiger partial charge < -0.3 is 0 Å². The fraction of sp³-hybridized carbons (Fsp3) is 0. The Morgan fingerprint density at radius 2 is 2.00 bits per heavy atom. The van der Waals surface area contributed by atoms with Gasteiger partial charge in [-0.1, -0.05) is 0 Å². The van der Waals surface area contributed by atoms with Gasteiger partial charge in [-0.15, -0.1) is 0 Å². The number of carbonyl (C=O) groups excluding carboxylic acids is 2. The smallest absolute Gasteiger partial charge is 0.168 e. The first-order valence-electron chi connectivity index (χ1n) is 2.84. The summed E-state index contributed by atoms with van der Waals surface area (Å²) in [4.78, 5) is 24.3. The van der Waals surface area contributed by atoms with Gasteiger partial charge in [0, 0.05) is 5.56 Å². The Kier molecular flexibility index (Phi) is 2.48. The molecule has 0 atom stereocenters. The fourth-order valence-electron chi connectivity index (χ4n) is 0.666. The van der Waals surface area contributed by atoms with E-state index in [4.69, 9.17) is 0 Å². The molecule has 0 aliphatic rings. The normalized spacial score (nSPS) is 9.18. The highest BCUT2D eigenvalue weighted by Gasteiger charge is 1.97. The Hall–Kier alpha value is -1.03. The molecule has 0 unspecified atom stereocenters. The average Bonchev–Trinajstić information content (AvgIpc) is 2.03. The first kappa shape index (κ1) is 8.07. The maximum absolute atomic E-state index is 10.3. The molecule has 1 heterocycles. The standard InChI is InChI=1S/C7H4BrNO2/c8-7-2-5(3-10)1-6(4-11)9-7/h1-4H. The first-order chi connectivity index (χ1) is 5.26. The molecule has 0 saturated heterocycles. The van der Waals surface area contributed by atoms with Crippen LogP contribution in [0.25, 0.3) is 0 Å². The number of pyridine rings is 1. The second-order valence-electron chi connectivity index (χ2n) is 1.88. The summed E-state index contributed by atoms with van der Waals surface area (Å²) in [6.45, 7) is 0. The molecule has 11 heavy (non-hydrogen) atoms. The minimum Gasteiger partial charge on any atom is -0.298 e. The SMILES string of the molecule is O=Cc1cc(Br)nc(C=O)c1. The number of aldehydes is 2. The minimum atomic E-state index is 0.251. The lowest BCUT2D eigenvalue weighted by molar-refractivity contribution is 0.111. The van der Waals surface area contributed by atoms with Crippen molar-refractivity contribution in [1.29, 1.82) is 0 Å². The van der Waals surface area contributed by atoms with Crippen molar-refractivity contribution in [2.45, 2.75) is 0 Å². The number of rotatable bonds is 2. The van der Waals surface area contributed by atoms with E-state index in [0.717, 1.165) is 0 Å². The van der Waals surface area contributed by atoms with E-state index in [0.29, 0.717) is 22.7 Å². The monoisotopic (exact) mass is 213 g/mol. The van der Waals surface area contributed by atoms with Crippen LogP contribution >= 0.6 is 15.9 Å². The number of hydrogen-bond donors (Lipinski definition) is 0. The number of hydrogen-bond acceptors (Lipinski definition) is 3. The van der Waals surface area contributed by atoms with Crippen molar-refractivity contribution in [2.75, 3.05) is 0 Å². The molecule has 0 amide bonds. The van der Waals surface area contributed by atoms with Gasteiger partial charge in [0.05, 0.1) is 0 Å². The van der Waals surface area contributed by atoms with Crippen molar-refractivity contribution >= 4 is 28.5 Å². The van der Waals surface area contributed by atoms with Crippen LogP contribution in [0.2, 0.25) is 0 Å². The molecule has 3 nitrogen and oxygen atoms in total. The van der Waals surface area contributed by atoms with E-state index in [1.54, 1.807) is 6.07 Å². The minimum absolute atomic E-state index is 0.251. The van der Waals surface area contributed by atoms with Gasteiger partial charge in [0.25, 0.3) is 0 Å². The molecule has 0 aromatic carbocycles. The van der Waals surface area contributed by atoms with Gasteiger partial charge >= 0.3 is 0 Å². The molecule has 0 aliphatic heterocycles. The first-order valence-corrected chi connectivity index (χ1v) is 3.63. The van der Waals surface area contributed by atoms with E-state index in [1.807, 2.05) is 0 Å².